The molecule has 0 N–H and O–H groups in total. The van der Waals surface area contributed by atoms with E-state index in [2.05, 4.69) is 0 Å². The molecule has 190 valence electrons. The summed E-state index contributed by atoms with van der Waals surface area (Å²) in [6, 6.07) is 31.8. The third kappa shape index (κ3) is 3.57. The fourth-order valence-corrected chi connectivity index (χ4v) is 5.46. The molecule has 7 aromatic rings. The van der Waals surface area contributed by atoms with Gasteiger partial charge < -0.3 is 29.9 Å². The minimum absolute atomic E-state index is 0. The summed E-state index contributed by atoms with van der Waals surface area (Å²) in [5, 5.41) is 3.57. The van der Waals surface area contributed by atoms with Crippen molar-refractivity contribution < 1.29 is 21.1 Å². The van der Waals surface area contributed by atoms with E-state index in [1.165, 1.54) is 0 Å². The largest absolute Gasteiger partial charge is 2.00 e. The van der Waals surface area contributed by atoms with Crippen molar-refractivity contribution in [2.75, 3.05) is 0 Å². The van der Waals surface area contributed by atoms with Crippen molar-refractivity contribution in [2.24, 2.45) is 0 Å². The van der Waals surface area contributed by atoms with Gasteiger partial charge in [0.15, 0.2) is 0 Å². The van der Waals surface area contributed by atoms with Gasteiger partial charge in [-0.15, -0.1) is 0 Å². The van der Waals surface area contributed by atoms with Crippen molar-refractivity contribution in [1.82, 2.24) is 39.9 Å². The van der Waals surface area contributed by atoms with E-state index in [9.17, 15) is 0 Å². The molecule has 0 saturated carbocycles. The SMILES string of the molecule is [Mo+2].c1ccc2c(c1)-c1nc-2nc2[n-]c(nc3nc(nc4[n-]c(n1)c1ccccc41)-c1ccccc1-3)c1ccccc21. The molecule has 9 heteroatoms. The zero-order valence-corrected chi connectivity index (χ0v) is 23.2. The molecular weight excluding hydrogens is 592 g/mol. The Labute approximate surface area is 246 Å². The number of aromatic nitrogens is 8. The Morgan fingerprint density at radius 1 is 0.317 bits per heavy atom. The molecule has 0 radical (unpaired) electrons. The van der Waals surface area contributed by atoms with E-state index in [1.54, 1.807) is 0 Å². The molecule has 8 nitrogen and oxygen atoms in total. The van der Waals surface area contributed by atoms with Gasteiger partial charge in [-0.05, 0) is 21.5 Å². The molecule has 0 atom stereocenters. The maximum Gasteiger partial charge on any atom is 2.00 e. The van der Waals surface area contributed by atoms with Crippen LogP contribution in [0.15, 0.2) is 97.1 Å². The maximum atomic E-state index is 4.95. The van der Waals surface area contributed by atoms with Gasteiger partial charge in [-0.2, -0.15) is 0 Å². The van der Waals surface area contributed by atoms with E-state index in [1.807, 2.05) is 97.1 Å². The smallest absolute Gasteiger partial charge is 0.357 e. The van der Waals surface area contributed by atoms with Crippen molar-refractivity contribution >= 4 is 44.1 Å². The molecule has 0 spiro atoms. The van der Waals surface area contributed by atoms with Crippen LogP contribution in [-0.4, -0.2) is 29.9 Å². The normalized spacial score (nSPS) is 11.7. The third-order valence-electron chi connectivity index (χ3n) is 7.33. The average Bonchev–Trinajstić information content (AvgIpc) is 3.73. The van der Waals surface area contributed by atoms with Gasteiger partial charge in [0.25, 0.3) is 0 Å². The van der Waals surface area contributed by atoms with Crippen LogP contribution in [0.1, 0.15) is 0 Å². The summed E-state index contributed by atoms with van der Waals surface area (Å²) in [5.74, 6) is 2.21. The van der Waals surface area contributed by atoms with E-state index >= 15 is 0 Å². The van der Waals surface area contributed by atoms with Crippen molar-refractivity contribution in [3.63, 3.8) is 0 Å². The first kappa shape index (κ1) is 23.8. The summed E-state index contributed by atoms with van der Waals surface area (Å²) in [7, 11) is 0. The summed E-state index contributed by atoms with van der Waals surface area (Å²) in [6.07, 6.45) is 0. The number of benzene rings is 4. The molecule has 9 rings (SSSR count). The third-order valence-corrected chi connectivity index (χ3v) is 7.33. The van der Waals surface area contributed by atoms with Crippen LogP contribution < -0.4 is 9.97 Å². The minimum atomic E-state index is 0. The summed E-state index contributed by atoms with van der Waals surface area (Å²) in [5.41, 5.74) is 5.78. The monoisotopic (exact) mass is 610 g/mol. The van der Waals surface area contributed by atoms with Gasteiger partial charge in [0.1, 0.15) is 0 Å². The number of nitrogens with zero attached hydrogens (tertiary/aromatic N) is 8. The van der Waals surface area contributed by atoms with Crippen LogP contribution in [0.5, 0.6) is 0 Å². The van der Waals surface area contributed by atoms with Gasteiger partial charge in [-0.25, -0.2) is 9.97 Å². The Kier molecular flexibility index (Phi) is 5.21. The second-order valence-corrected chi connectivity index (χ2v) is 9.67. The quantitative estimate of drug-likeness (QED) is 0.190. The van der Waals surface area contributed by atoms with Crippen molar-refractivity contribution in [3.8, 4) is 45.6 Å². The first-order valence-electron chi connectivity index (χ1n) is 12.9. The molecule has 0 amide bonds. The van der Waals surface area contributed by atoms with Gasteiger partial charge in [-0.1, -0.05) is 97.1 Å². The van der Waals surface area contributed by atoms with Crippen LogP contribution in [0.3, 0.4) is 0 Å². The topological polar surface area (TPSA) is 106 Å². The molecule has 3 aromatic heterocycles. The Morgan fingerprint density at radius 3 is 0.829 bits per heavy atom. The van der Waals surface area contributed by atoms with Crippen molar-refractivity contribution in [1.29, 1.82) is 0 Å². The van der Waals surface area contributed by atoms with E-state index in [0.717, 1.165) is 43.8 Å². The van der Waals surface area contributed by atoms with Crippen LogP contribution in [0.2, 0.25) is 0 Å². The Bertz CT molecular complexity index is 2030. The average molecular weight is 608 g/mol. The fourth-order valence-electron chi connectivity index (χ4n) is 5.46. The summed E-state index contributed by atoms with van der Waals surface area (Å²) in [6.45, 7) is 0. The molecule has 41 heavy (non-hydrogen) atoms. The van der Waals surface area contributed by atoms with Crippen LogP contribution in [-0.2, 0) is 21.1 Å². The molecule has 0 saturated heterocycles. The van der Waals surface area contributed by atoms with Gasteiger partial charge in [-0.3, -0.25) is 0 Å². The molecule has 0 aliphatic carbocycles. The molecular formula is C32H16MoN8. The zero-order valence-electron chi connectivity index (χ0n) is 21.2. The van der Waals surface area contributed by atoms with Crippen molar-refractivity contribution in [2.45, 2.75) is 0 Å². The predicted octanol–water partition coefficient (Wildman–Crippen LogP) is 6.12. The summed E-state index contributed by atoms with van der Waals surface area (Å²) >= 11 is 0. The zero-order chi connectivity index (χ0) is 26.2. The minimum Gasteiger partial charge on any atom is -0.357 e. The van der Waals surface area contributed by atoms with Crippen LogP contribution in [0.4, 0.5) is 0 Å². The predicted molar refractivity (Wildman–Crippen MR) is 154 cm³/mol. The Hall–Kier alpha value is -5.07. The van der Waals surface area contributed by atoms with Gasteiger partial charge >= 0.3 is 21.1 Å². The number of hydrogen-bond acceptors (Lipinski definition) is 6. The fraction of sp³-hybridized carbons (Fsp3) is 0. The van der Waals surface area contributed by atoms with Gasteiger partial charge in [0.2, 0.25) is 0 Å². The number of hydrogen-bond donors (Lipinski definition) is 0. The molecule has 4 aromatic carbocycles. The standard InChI is InChI=1S/C32H16N8.Mo/c1-2-10-18-17(9-1)25-33-26(18)38-28-21-13-5-6-14-22(21)30(35-28)40-32-24-16-8-7-15-23(24)31(36-32)39-29-20-12-4-3-11-19(20)27(34-29)37-25;/h1-16H;/q-2;+2. The second kappa shape index (κ2) is 8.98. The first-order chi connectivity index (χ1) is 19.8. The Balaban J connectivity index is 0.00000256. The summed E-state index contributed by atoms with van der Waals surface area (Å²) in [4.78, 5) is 39.3. The van der Waals surface area contributed by atoms with Crippen LogP contribution in [0, 0.1) is 0 Å². The van der Waals surface area contributed by atoms with Gasteiger partial charge in [0.05, 0.1) is 23.3 Å². The summed E-state index contributed by atoms with van der Waals surface area (Å²) < 4.78 is 0. The molecule has 5 heterocycles. The van der Waals surface area contributed by atoms with E-state index in [-0.39, 0.29) is 21.1 Å². The molecule has 8 bridgehead atoms. The van der Waals surface area contributed by atoms with Gasteiger partial charge in [0, 0.05) is 44.8 Å². The molecule has 2 aliphatic rings. The number of rotatable bonds is 0. The molecule has 0 unspecified atom stereocenters. The molecule has 0 fully saturated rings. The van der Waals surface area contributed by atoms with Crippen LogP contribution >= 0.6 is 0 Å². The van der Waals surface area contributed by atoms with E-state index in [4.69, 9.17) is 39.9 Å². The Morgan fingerprint density at radius 2 is 0.561 bits per heavy atom. The van der Waals surface area contributed by atoms with E-state index in [0.29, 0.717) is 45.9 Å². The first-order valence-corrected chi connectivity index (χ1v) is 12.9. The second-order valence-electron chi connectivity index (χ2n) is 9.67. The van der Waals surface area contributed by atoms with Crippen LogP contribution in [0.25, 0.3) is 89.7 Å². The molecule has 2 aliphatic heterocycles. The van der Waals surface area contributed by atoms with E-state index < -0.39 is 0 Å². The van der Waals surface area contributed by atoms with Crippen molar-refractivity contribution in [3.05, 3.63) is 97.1 Å². The number of fused-ring (bicyclic) bond motifs is 20. The maximum absolute atomic E-state index is 4.95.